The lowest BCUT2D eigenvalue weighted by Gasteiger charge is -2.07. The number of aromatic nitrogens is 4. The van der Waals surface area contributed by atoms with Gasteiger partial charge < -0.3 is 10.5 Å². The molecule has 0 fully saturated rings. The Morgan fingerprint density at radius 2 is 2.17 bits per heavy atom. The summed E-state index contributed by atoms with van der Waals surface area (Å²) in [5.74, 6) is 1.40. The summed E-state index contributed by atoms with van der Waals surface area (Å²) in [6.07, 6.45) is 0. The lowest BCUT2D eigenvalue weighted by molar-refractivity contribution is 0.293. The van der Waals surface area contributed by atoms with Gasteiger partial charge in [0.1, 0.15) is 5.75 Å². The van der Waals surface area contributed by atoms with Crippen LogP contribution in [0.15, 0.2) is 18.2 Å². The van der Waals surface area contributed by atoms with E-state index in [-0.39, 0.29) is 0 Å². The molecule has 18 heavy (non-hydrogen) atoms. The summed E-state index contributed by atoms with van der Waals surface area (Å²) in [5.41, 5.74) is 7.72. The van der Waals surface area contributed by atoms with E-state index < -0.39 is 0 Å². The van der Waals surface area contributed by atoms with Crippen LogP contribution in [0.1, 0.15) is 17.0 Å². The van der Waals surface area contributed by atoms with Gasteiger partial charge >= 0.3 is 0 Å². The van der Waals surface area contributed by atoms with Gasteiger partial charge in [0.2, 0.25) is 5.82 Å². The molecule has 2 rings (SSSR count). The molecule has 0 saturated heterocycles. The van der Waals surface area contributed by atoms with Gasteiger partial charge in [0.25, 0.3) is 0 Å². The van der Waals surface area contributed by atoms with E-state index in [0.717, 1.165) is 11.3 Å². The fourth-order valence-corrected chi connectivity index (χ4v) is 1.65. The van der Waals surface area contributed by atoms with E-state index in [9.17, 15) is 0 Å². The zero-order valence-electron chi connectivity index (χ0n) is 10.6. The Bertz CT molecular complexity index is 523. The SMILES string of the molecule is Cc1ccc(OCc2nnn(CCN)n2)c(C)c1. The van der Waals surface area contributed by atoms with E-state index >= 15 is 0 Å². The predicted molar refractivity (Wildman–Crippen MR) is 67.1 cm³/mol. The maximum absolute atomic E-state index is 5.66. The largest absolute Gasteiger partial charge is 0.485 e. The Kier molecular flexibility index (Phi) is 3.88. The molecule has 0 aliphatic heterocycles. The van der Waals surface area contributed by atoms with E-state index in [4.69, 9.17) is 10.5 Å². The maximum atomic E-state index is 5.66. The molecule has 6 heteroatoms. The fourth-order valence-electron chi connectivity index (χ4n) is 1.65. The first-order valence-electron chi connectivity index (χ1n) is 5.86. The smallest absolute Gasteiger partial charge is 0.212 e. The van der Waals surface area contributed by atoms with Crippen molar-refractivity contribution in [2.75, 3.05) is 6.54 Å². The van der Waals surface area contributed by atoms with Gasteiger partial charge in [-0.3, -0.25) is 0 Å². The van der Waals surface area contributed by atoms with Crippen LogP contribution in [0.5, 0.6) is 5.75 Å². The Labute approximate surface area is 106 Å². The number of benzene rings is 1. The molecule has 96 valence electrons. The molecular weight excluding hydrogens is 230 g/mol. The van der Waals surface area contributed by atoms with Crippen LogP contribution in [-0.4, -0.2) is 26.8 Å². The molecule has 0 bridgehead atoms. The van der Waals surface area contributed by atoms with Gasteiger partial charge in [-0.2, -0.15) is 4.80 Å². The lowest BCUT2D eigenvalue weighted by atomic mass is 10.1. The molecule has 0 saturated carbocycles. The van der Waals surface area contributed by atoms with Crippen molar-refractivity contribution in [3.8, 4) is 5.75 Å². The van der Waals surface area contributed by atoms with Crippen LogP contribution in [-0.2, 0) is 13.2 Å². The minimum Gasteiger partial charge on any atom is -0.485 e. The molecule has 0 aliphatic rings. The highest BCUT2D eigenvalue weighted by Gasteiger charge is 2.05. The molecule has 2 aromatic rings. The van der Waals surface area contributed by atoms with Gasteiger partial charge in [0.05, 0.1) is 6.54 Å². The van der Waals surface area contributed by atoms with Gasteiger partial charge in [-0.15, -0.1) is 10.2 Å². The summed E-state index contributed by atoms with van der Waals surface area (Å²) in [6.45, 7) is 5.44. The number of aryl methyl sites for hydroxylation is 2. The first-order chi connectivity index (χ1) is 8.69. The molecule has 0 aliphatic carbocycles. The Morgan fingerprint density at radius 3 is 2.89 bits per heavy atom. The Hall–Kier alpha value is -1.95. The normalized spacial score (nSPS) is 10.6. The van der Waals surface area contributed by atoms with Crippen molar-refractivity contribution in [3.05, 3.63) is 35.2 Å². The van der Waals surface area contributed by atoms with Gasteiger partial charge in [-0.25, -0.2) is 0 Å². The predicted octanol–water partition coefficient (Wildman–Crippen LogP) is 0.828. The average molecular weight is 247 g/mol. The number of hydrogen-bond acceptors (Lipinski definition) is 5. The number of hydrogen-bond donors (Lipinski definition) is 1. The van der Waals surface area contributed by atoms with Crippen molar-refractivity contribution in [1.29, 1.82) is 0 Å². The van der Waals surface area contributed by atoms with Crippen molar-refractivity contribution in [1.82, 2.24) is 20.2 Å². The van der Waals surface area contributed by atoms with Gasteiger partial charge in [0.15, 0.2) is 6.61 Å². The summed E-state index contributed by atoms with van der Waals surface area (Å²) in [4.78, 5) is 1.47. The second kappa shape index (κ2) is 5.59. The summed E-state index contributed by atoms with van der Waals surface area (Å²) >= 11 is 0. The summed E-state index contributed by atoms with van der Waals surface area (Å²) in [7, 11) is 0. The monoisotopic (exact) mass is 247 g/mol. The quantitative estimate of drug-likeness (QED) is 0.846. The molecular formula is C12H17N5O. The maximum Gasteiger partial charge on any atom is 0.212 e. The summed E-state index contributed by atoms with van der Waals surface area (Å²) < 4.78 is 5.66. The van der Waals surface area contributed by atoms with Gasteiger partial charge in [-0.1, -0.05) is 17.7 Å². The molecule has 2 N–H and O–H groups in total. The zero-order chi connectivity index (χ0) is 13.0. The molecule has 1 heterocycles. The Balaban J connectivity index is 1.97. The third kappa shape index (κ3) is 3.04. The van der Waals surface area contributed by atoms with Crippen LogP contribution in [0.4, 0.5) is 0 Å². The second-order valence-corrected chi connectivity index (χ2v) is 4.15. The lowest BCUT2D eigenvalue weighted by Crippen LogP contribution is -2.12. The van der Waals surface area contributed by atoms with E-state index in [1.54, 1.807) is 0 Å². The number of ether oxygens (including phenoxy) is 1. The highest BCUT2D eigenvalue weighted by Crippen LogP contribution is 2.19. The fraction of sp³-hybridized carbons (Fsp3) is 0.417. The number of rotatable bonds is 5. The van der Waals surface area contributed by atoms with Crippen molar-refractivity contribution in [2.24, 2.45) is 5.73 Å². The molecule has 6 nitrogen and oxygen atoms in total. The molecule has 1 aromatic heterocycles. The van der Waals surface area contributed by atoms with E-state index in [0.29, 0.717) is 25.5 Å². The molecule has 0 atom stereocenters. The molecule has 1 aromatic carbocycles. The molecule has 0 unspecified atom stereocenters. The van der Waals surface area contributed by atoms with Crippen LogP contribution >= 0.6 is 0 Å². The average Bonchev–Trinajstić information content (AvgIpc) is 2.76. The third-order valence-electron chi connectivity index (χ3n) is 2.51. The minimum absolute atomic E-state index is 0.314. The van der Waals surface area contributed by atoms with E-state index in [1.165, 1.54) is 10.4 Å². The van der Waals surface area contributed by atoms with E-state index in [2.05, 4.69) is 28.4 Å². The van der Waals surface area contributed by atoms with Crippen molar-refractivity contribution < 1.29 is 4.74 Å². The molecule has 0 spiro atoms. The first kappa shape index (κ1) is 12.5. The standard InChI is InChI=1S/C12H17N5O/c1-9-3-4-11(10(2)7-9)18-8-12-14-16-17(15-12)6-5-13/h3-4,7H,5-6,8,13H2,1-2H3. The van der Waals surface area contributed by atoms with Gasteiger partial charge in [0, 0.05) is 6.54 Å². The molecule has 0 amide bonds. The number of nitrogens with zero attached hydrogens (tertiary/aromatic N) is 4. The first-order valence-corrected chi connectivity index (χ1v) is 5.86. The number of nitrogens with two attached hydrogens (primary N) is 1. The van der Waals surface area contributed by atoms with Crippen molar-refractivity contribution >= 4 is 0 Å². The highest BCUT2D eigenvalue weighted by atomic mass is 16.5. The van der Waals surface area contributed by atoms with Crippen LogP contribution in [0.25, 0.3) is 0 Å². The van der Waals surface area contributed by atoms with Crippen molar-refractivity contribution in [2.45, 2.75) is 27.0 Å². The summed E-state index contributed by atoms with van der Waals surface area (Å²) in [5, 5.41) is 11.9. The second-order valence-electron chi connectivity index (χ2n) is 4.15. The van der Waals surface area contributed by atoms with Gasteiger partial charge in [-0.05, 0) is 30.7 Å². The minimum atomic E-state index is 0.314. The topological polar surface area (TPSA) is 78.9 Å². The third-order valence-corrected chi connectivity index (χ3v) is 2.51. The Morgan fingerprint density at radius 1 is 1.33 bits per heavy atom. The summed E-state index contributed by atoms with van der Waals surface area (Å²) in [6, 6.07) is 6.05. The van der Waals surface area contributed by atoms with Crippen molar-refractivity contribution in [3.63, 3.8) is 0 Å². The number of tetrazole rings is 1. The zero-order valence-corrected chi connectivity index (χ0v) is 10.6. The molecule has 0 radical (unpaired) electrons. The van der Waals surface area contributed by atoms with Crippen LogP contribution in [0, 0.1) is 13.8 Å². The highest BCUT2D eigenvalue weighted by molar-refractivity contribution is 5.35. The van der Waals surface area contributed by atoms with Crippen LogP contribution in [0.3, 0.4) is 0 Å². The van der Waals surface area contributed by atoms with Crippen LogP contribution < -0.4 is 10.5 Å². The van der Waals surface area contributed by atoms with E-state index in [1.807, 2.05) is 19.1 Å². The van der Waals surface area contributed by atoms with Crippen LogP contribution in [0.2, 0.25) is 0 Å².